The lowest BCUT2D eigenvalue weighted by molar-refractivity contribution is -0.223. The molecule has 0 spiro atoms. The molecule has 7 nitrogen and oxygen atoms in total. The molecule has 1 N–H and O–H groups in total. The lowest BCUT2D eigenvalue weighted by Gasteiger charge is -2.28. The second kappa shape index (κ2) is 11.9. The standard InChI is InChI=1S/C28H25ClF4N2O5/c1-15(39-2)9-22(27(38)34-19-6-3-16(13-36)4-7-19)35-12-18-14-40-23(28(31,32)33)10-17-5-8-21(29)26(30)25(17)20(18)11-24(35)37/h3-8,11-13,15,22-23H,9-10,14H2,1-2H3,(H,34,38). The number of methoxy groups -OCH3 is 1. The van der Waals surface area contributed by atoms with E-state index in [2.05, 4.69) is 5.32 Å². The summed E-state index contributed by atoms with van der Waals surface area (Å²) in [5.41, 5.74) is -0.0994. The molecular formula is C28H25ClF4N2O5. The minimum absolute atomic E-state index is 0.0241. The molecule has 3 atom stereocenters. The first-order chi connectivity index (χ1) is 18.9. The topological polar surface area (TPSA) is 86.6 Å². The number of hydrogen-bond donors (Lipinski definition) is 1. The van der Waals surface area contributed by atoms with Crippen LogP contribution in [0.15, 0.2) is 53.5 Å². The zero-order valence-corrected chi connectivity index (χ0v) is 22.2. The van der Waals surface area contributed by atoms with Gasteiger partial charge in [0.1, 0.15) is 18.1 Å². The molecule has 1 aliphatic rings. The molecule has 4 rings (SSSR count). The number of alkyl halides is 3. The number of anilines is 1. The van der Waals surface area contributed by atoms with Gasteiger partial charge in [-0.15, -0.1) is 0 Å². The average Bonchev–Trinajstić information content (AvgIpc) is 2.90. The Morgan fingerprint density at radius 1 is 1.23 bits per heavy atom. The maximum absolute atomic E-state index is 15.3. The van der Waals surface area contributed by atoms with Crippen molar-refractivity contribution in [1.82, 2.24) is 4.57 Å². The van der Waals surface area contributed by atoms with Crippen molar-refractivity contribution in [2.24, 2.45) is 0 Å². The molecule has 0 bridgehead atoms. The summed E-state index contributed by atoms with van der Waals surface area (Å²) in [4.78, 5) is 37.7. The maximum Gasteiger partial charge on any atom is 0.414 e. The molecule has 3 aromatic rings. The van der Waals surface area contributed by atoms with Crippen molar-refractivity contribution in [3.8, 4) is 11.1 Å². The number of nitrogens with zero attached hydrogens (tertiary/aromatic N) is 1. The summed E-state index contributed by atoms with van der Waals surface area (Å²) in [7, 11) is 1.43. The molecular weight excluding hydrogens is 556 g/mol. The fourth-order valence-corrected chi connectivity index (χ4v) is 4.68. The summed E-state index contributed by atoms with van der Waals surface area (Å²) < 4.78 is 68.0. The van der Waals surface area contributed by atoms with Crippen molar-refractivity contribution in [2.75, 3.05) is 12.4 Å². The highest BCUT2D eigenvalue weighted by Gasteiger charge is 2.42. The van der Waals surface area contributed by atoms with E-state index in [4.69, 9.17) is 21.1 Å². The quantitative estimate of drug-likeness (QED) is 0.285. The zero-order chi connectivity index (χ0) is 29.2. The molecule has 0 saturated carbocycles. The second-order valence-electron chi connectivity index (χ2n) is 9.43. The number of nitrogens with one attached hydrogen (secondary N) is 1. The molecule has 1 aliphatic heterocycles. The zero-order valence-electron chi connectivity index (χ0n) is 21.4. The predicted molar refractivity (Wildman–Crippen MR) is 140 cm³/mol. The Morgan fingerprint density at radius 2 is 1.93 bits per heavy atom. The first-order valence-corrected chi connectivity index (χ1v) is 12.6. The van der Waals surface area contributed by atoms with Crippen LogP contribution in [0.2, 0.25) is 5.02 Å². The van der Waals surface area contributed by atoms with Crippen LogP contribution >= 0.6 is 11.6 Å². The summed E-state index contributed by atoms with van der Waals surface area (Å²) in [6.07, 6.45) is -6.26. The Morgan fingerprint density at radius 3 is 2.55 bits per heavy atom. The van der Waals surface area contributed by atoms with Crippen LogP contribution in [0.5, 0.6) is 0 Å². The van der Waals surface area contributed by atoms with Gasteiger partial charge in [0.15, 0.2) is 6.10 Å². The Hall–Kier alpha value is -3.54. The number of halogens is 5. The lowest BCUT2D eigenvalue weighted by atomic mass is 9.91. The highest BCUT2D eigenvalue weighted by molar-refractivity contribution is 6.31. The smallest absolute Gasteiger partial charge is 0.382 e. The van der Waals surface area contributed by atoms with E-state index in [0.29, 0.717) is 17.5 Å². The van der Waals surface area contributed by atoms with E-state index < -0.39 is 54.7 Å². The number of fused-ring (bicyclic) bond motifs is 3. The number of aromatic nitrogens is 1. The van der Waals surface area contributed by atoms with Gasteiger partial charge in [0.2, 0.25) is 5.91 Å². The van der Waals surface area contributed by atoms with Crippen LogP contribution in [0, 0.1) is 5.82 Å². The summed E-state index contributed by atoms with van der Waals surface area (Å²) in [5.74, 6) is -1.57. The first-order valence-electron chi connectivity index (χ1n) is 12.2. The number of hydrogen-bond acceptors (Lipinski definition) is 5. The Labute approximate surface area is 231 Å². The highest BCUT2D eigenvalue weighted by Crippen LogP contribution is 2.38. The number of carbonyl (C=O) groups is 2. The number of carbonyl (C=O) groups excluding carboxylic acids is 2. The fourth-order valence-electron chi connectivity index (χ4n) is 4.52. The van der Waals surface area contributed by atoms with Gasteiger partial charge >= 0.3 is 6.18 Å². The SMILES string of the molecule is COC(C)CC(C(=O)Nc1ccc(C=O)cc1)n1cc2c(cc1=O)-c1c(ccc(Cl)c1F)CC(C(F)(F)F)OC2. The van der Waals surface area contributed by atoms with Crippen molar-refractivity contribution in [3.05, 3.63) is 86.5 Å². The van der Waals surface area contributed by atoms with Crippen LogP contribution in [0.25, 0.3) is 11.1 Å². The molecule has 0 aliphatic carbocycles. The van der Waals surface area contributed by atoms with E-state index in [-0.39, 0.29) is 33.7 Å². The predicted octanol–water partition coefficient (Wildman–Crippen LogP) is 5.73. The molecule has 1 amide bonds. The molecule has 40 heavy (non-hydrogen) atoms. The van der Waals surface area contributed by atoms with Crippen molar-refractivity contribution >= 4 is 29.5 Å². The normalized spacial score (nSPS) is 16.6. The van der Waals surface area contributed by atoms with Gasteiger partial charge in [0.25, 0.3) is 5.56 Å². The minimum Gasteiger partial charge on any atom is -0.382 e. The van der Waals surface area contributed by atoms with Gasteiger partial charge in [-0.1, -0.05) is 17.7 Å². The second-order valence-corrected chi connectivity index (χ2v) is 9.83. The summed E-state index contributed by atoms with van der Waals surface area (Å²) >= 11 is 5.97. The number of benzene rings is 2. The number of ether oxygens (including phenoxy) is 2. The Balaban J connectivity index is 1.82. The third kappa shape index (κ3) is 6.27. The van der Waals surface area contributed by atoms with Crippen LogP contribution in [0.1, 0.15) is 40.9 Å². The van der Waals surface area contributed by atoms with Crippen LogP contribution in [0.4, 0.5) is 23.2 Å². The van der Waals surface area contributed by atoms with Gasteiger partial charge < -0.3 is 19.4 Å². The van der Waals surface area contributed by atoms with E-state index in [1.165, 1.54) is 43.6 Å². The molecule has 2 heterocycles. The van der Waals surface area contributed by atoms with Gasteiger partial charge in [-0.25, -0.2) is 4.39 Å². The van der Waals surface area contributed by atoms with Gasteiger partial charge in [-0.2, -0.15) is 13.2 Å². The third-order valence-electron chi connectivity index (χ3n) is 6.73. The number of rotatable bonds is 7. The van der Waals surface area contributed by atoms with Gasteiger partial charge in [-0.3, -0.25) is 14.4 Å². The van der Waals surface area contributed by atoms with E-state index >= 15 is 4.39 Å². The Kier molecular flexibility index (Phi) is 8.77. The summed E-state index contributed by atoms with van der Waals surface area (Å²) in [6.45, 7) is 1.08. The molecule has 3 unspecified atom stereocenters. The molecule has 12 heteroatoms. The molecule has 212 valence electrons. The largest absolute Gasteiger partial charge is 0.414 e. The monoisotopic (exact) mass is 580 g/mol. The number of amides is 1. The molecule has 2 aromatic carbocycles. The van der Waals surface area contributed by atoms with Crippen LogP contribution in [-0.2, 0) is 27.3 Å². The van der Waals surface area contributed by atoms with Crippen molar-refractivity contribution in [2.45, 2.75) is 50.8 Å². The van der Waals surface area contributed by atoms with Crippen LogP contribution < -0.4 is 10.9 Å². The number of pyridine rings is 1. The molecule has 1 aromatic heterocycles. The summed E-state index contributed by atoms with van der Waals surface area (Å²) in [5, 5.41) is 2.37. The van der Waals surface area contributed by atoms with Gasteiger partial charge in [-0.05, 0) is 48.4 Å². The molecule has 0 saturated heterocycles. The van der Waals surface area contributed by atoms with Crippen LogP contribution in [0.3, 0.4) is 0 Å². The Bertz CT molecular complexity index is 1470. The van der Waals surface area contributed by atoms with E-state index in [1.807, 2.05) is 0 Å². The van der Waals surface area contributed by atoms with Crippen molar-refractivity contribution < 1.29 is 36.6 Å². The average molecular weight is 581 g/mol. The maximum atomic E-state index is 15.3. The van der Waals surface area contributed by atoms with Gasteiger partial charge in [0.05, 0.1) is 17.7 Å². The molecule has 0 radical (unpaired) electrons. The van der Waals surface area contributed by atoms with Crippen molar-refractivity contribution in [3.63, 3.8) is 0 Å². The minimum atomic E-state index is -4.74. The molecule has 0 fully saturated rings. The highest BCUT2D eigenvalue weighted by atomic mass is 35.5. The van der Waals surface area contributed by atoms with Crippen LogP contribution in [-0.4, -0.2) is 42.3 Å². The number of aldehydes is 1. The summed E-state index contributed by atoms with van der Waals surface area (Å²) in [6, 6.07) is 8.35. The van der Waals surface area contributed by atoms with E-state index in [9.17, 15) is 27.6 Å². The fraction of sp³-hybridized carbons (Fsp3) is 0.321. The van der Waals surface area contributed by atoms with E-state index in [0.717, 1.165) is 16.7 Å². The third-order valence-corrected chi connectivity index (χ3v) is 7.03. The van der Waals surface area contributed by atoms with Gasteiger partial charge in [0, 0.05) is 54.6 Å². The van der Waals surface area contributed by atoms with E-state index in [1.54, 1.807) is 6.92 Å². The van der Waals surface area contributed by atoms with Crippen molar-refractivity contribution in [1.29, 1.82) is 0 Å². The first kappa shape index (κ1) is 29.4. The lowest BCUT2D eigenvalue weighted by Crippen LogP contribution is -2.37.